The Hall–Kier alpha value is 2.47. The number of rotatable bonds is 15. The molecule has 306 valence electrons. The minimum absolute atomic E-state index is 0. The number of carbonyl (C=O) groups is 2. The third-order valence-electron chi connectivity index (χ3n) is 7.47. The molecular weight excluding hydrogens is 931 g/mol. The maximum absolute atomic E-state index is 12.4. The fourth-order valence-corrected chi connectivity index (χ4v) is 4.54. The number of aromatic nitrogens is 7. The van der Waals surface area contributed by atoms with Crippen LogP contribution in [0.25, 0.3) is 11.0 Å². The molecular formula is C39H54ClK5N12O4. The van der Waals surface area contributed by atoms with E-state index in [0.29, 0.717) is 60.7 Å². The third kappa shape index (κ3) is 26.7. The second-order valence-electron chi connectivity index (χ2n) is 13.4. The fourth-order valence-electron chi connectivity index (χ4n) is 4.41. The van der Waals surface area contributed by atoms with Crippen molar-refractivity contribution in [3.63, 3.8) is 0 Å². The molecule has 0 saturated heterocycles. The number of para-hydroxylation sites is 1. The molecule has 0 saturated carbocycles. The van der Waals surface area contributed by atoms with Crippen LogP contribution in [0.1, 0.15) is 92.6 Å². The Bertz CT molecular complexity index is 2030. The first-order valence-corrected chi connectivity index (χ1v) is 53.0. The van der Waals surface area contributed by atoms with Gasteiger partial charge < -0.3 is 32.7 Å². The minimum atomic E-state index is -0.661. The average Bonchev–Trinajstić information content (AvgIpc) is 3.65. The SMILES string of the molecule is CCCNc1nc(Cl)ncc1C#CCCCN.CCCNc1nc(On2nnc3ccccc32)ncc1C#CCCCNC(=O)[C@H](C)N(C)C(=O)OC(C)(C)C.[H-].[K+].[K][K].[K][K]. The molecule has 4 aromatic rings. The number of ether oxygens (including phenoxy) is 1. The van der Waals surface area contributed by atoms with E-state index in [2.05, 4.69) is 83.7 Å². The molecule has 0 aliphatic rings. The van der Waals surface area contributed by atoms with Crippen LogP contribution in [-0.2, 0) is 9.53 Å². The number of amides is 2. The number of halogens is 1. The number of fused-ring (bicyclic) bond motifs is 1. The number of likely N-dealkylation sites (N-methyl/N-ethyl adjacent to an activating group) is 1. The van der Waals surface area contributed by atoms with Crippen LogP contribution in [0, 0.1) is 23.7 Å². The number of unbranched alkanes of at least 4 members (excludes halogenated alkanes) is 2. The molecule has 1 aromatic carbocycles. The van der Waals surface area contributed by atoms with Crippen molar-refractivity contribution in [1.29, 1.82) is 0 Å². The molecule has 0 bridgehead atoms. The first-order chi connectivity index (χ1) is 28.9. The van der Waals surface area contributed by atoms with Crippen molar-refractivity contribution in [1.82, 2.24) is 45.3 Å². The zero-order chi connectivity index (χ0) is 44.9. The molecule has 22 heteroatoms. The monoisotopic (exact) mass is 984 g/mol. The molecule has 0 aliphatic heterocycles. The van der Waals surface area contributed by atoms with Gasteiger partial charge in [-0.15, -0.1) is 5.10 Å². The number of nitrogens with zero attached hydrogens (tertiary/aromatic N) is 8. The Morgan fingerprint density at radius 1 is 0.934 bits per heavy atom. The zero-order valence-electron chi connectivity index (χ0n) is 39.3. The molecule has 1 atom stereocenters. The van der Waals surface area contributed by atoms with Gasteiger partial charge in [0.25, 0.3) is 0 Å². The molecule has 3 heterocycles. The van der Waals surface area contributed by atoms with Gasteiger partial charge in [-0.2, -0.15) is 9.97 Å². The summed E-state index contributed by atoms with van der Waals surface area (Å²) in [5.74, 6) is 13.3. The van der Waals surface area contributed by atoms with Crippen LogP contribution < -0.4 is 77.9 Å². The standard InChI is InChI=1S/C27H36N8O4.C12H17ClN4.5K.H/c1-7-16-28-23-20(18-30-25(31-23)39-35-22-15-11-10-14-21(22)32-33-35)13-9-8-12-17-29-24(36)19(2)34(6)26(37)38-27(3,4)5;1-2-8-15-11-10(6-4-3-5-7-14)9-16-12(13)17-11;;;;;;/h10-11,14-15,18-19H,7-8,12,16-17H2,1-6H3,(H,29,36)(H,28,30,31);9H,2-3,5,7-8,14H2,1H3,(H,15,16,17);;;;;;/q;;;;;;+1;-1/t19-;;;;;;;/m0......./s1. The Morgan fingerprint density at radius 3 is 2.10 bits per heavy atom. The zero-order valence-corrected chi connectivity index (χ0v) is 54.6. The molecule has 0 fully saturated rings. The van der Waals surface area contributed by atoms with E-state index in [-0.39, 0.29) is 70.0 Å². The Morgan fingerprint density at radius 2 is 1.51 bits per heavy atom. The molecule has 0 aliphatic carbocycles. The summed E-state index contributed by atoms with van der Waals surface area (Å²) < 4.78 is 5.31. The molecule has 4 rings (SSSR count). The normalized spacial score (nSPS) is 10.4. The van der Waals surface area contributed by atoms with Gasteiger partial charge >= 0.3 is 190 Å². The summed E-state index contributed by atoms with van der Waals surface area (Å²) in [5, 5.41) is 17.6. The van der Waals surface area contributed by atoms with Crippen LogP contribution >= 0.6 is 11.6 Å². The van der Waals surface area contributed by atoms with Crippen molar-refractivity contribution >= 4 is 173 Å². The Kier molecular flexibility index (Phi) is 39.9. The van der Waals surface area contributed by atoms with Gasteiger partial charge in [0.2, 0.25) is 11.2 Å². The predicted molar refractivity (Wildman–Crippen MR) is 242 cm³/mol. The van der Waals surface area contributed by atoms with E-state index in [0.717, 1.165) is 37.8 Å². The van der Waals surface area contributed by atoms with Gasteiger partial charge in [0, 0.05) is 45.7 Å². The summed E-state index contributed by atoms with van der Waals surface area (Å²) in [5.41, 5.74) is 7.58. The van der Waals surface area contributed by atoms with E-state index in [1.807, 2.05) is 24.3 Å². The van der Waals surface area contributed by atoms with Crippen molar-refractivity contribution < 1.29 is 72.0 Å². The number of nitrogens with one attached hydrogen (secondary N) is 3. The van der Waals surface area contributed by atoms with Gasteiger partial charge in [0.1, 0.15) is 34.3 Å². The van der Waals surface area contributed by atoms with E-state index < -0.39 is 17.7 Å². The summed E-state index contributed by atoms with van der Waals surface area (Å²) in [6.07, 6.45) is 7.49. The number of nitrogens with two attached hydrogens (primary N) is 1. The number of benzene rings is 1. The molecule has 2 amide bonds. The topological polar surface area (TPSA) is 200 Å². The van der Waals surface area contributed by atoms with Crippen LogP contribution in [-0.4, -0.2) is 223 Å². The summed E-state index contributed by atoms with van der Waals surface area (Å²) in [4.78, 5) is 49.7. The van der Waals surface area contributed by atoms with Gasteiger partial charge in [-0.1, -0.05) is 54.5 Å². The van der Waals surface area contributed by atoms with Crippen LogP contribution in [0.3, 0.4) is 0 Å². The Balaban J connectivity index is 0. The second-order valence-corrected chi connectivity index (χ2v) is 13.7. The Labute approximate surface area is 500 Å². The molecule has 16 nitrogen and oxygen atoms in total. The molecule has 61 heavy (non-hydrogen) atoms. The van der Waals surface area contributed by atoms with Crippen molar-refractivity contribution in [3.05, 3.63) is 53.1 Å². The van der Waals surface area contributed by atoms with E-state index in [1.165, 1.54) is 136 Å². The summed E-state index contributed by atoms with van der Waals surface area (Å²) in [6.45, 7) is 13.8. The number of carbonyl (C=O) groups excluding carboxylic acids is 2. The first kappa shape index (κ1) is 63.5. The summed E-state index contributed by atoms with van der Waals surface area (Å²) in [6, 6.07) is 6.87. The number of hydrogen-bond acceptors (Lipinski definition) is 13. The van der Waals surface area contributed by atoms with Crippen LogP contribution in [0.15, 0.2) is 36.7 Å². The van der Waals surface area contributed by atoms with Gasteiger partial charge in [-0.3, -0.25) is 9.69 Å². The molecule has 5 N–H and O–H groups in total. The first-order valence-electron chi connectivity index (χ1n) is 20.6. The molecule has 0 spiro atoms. The van der Waals surface area contributed by atoms with Gasteiger partial charge in [-0.25, -0.2) is 14.8 Å². The van der Waals surface area contributed by atoms with Gasteiger partial charge in [-0.05, 0) is 88.9 Å². The van der Waals surface area contributed by atoms with E-state index in [4.69, 9.17) is 26.9 Å². The van der Waals surface area contributed by atoms with Crippen molar-refractivity contribution in [3.8, 4) is 29.7 Å². The maximum atomic E-state index is 12.4. The molecule has 0 radical (unpaired) electrons. The van der Waals surface area contributed by atoms with Gasteiger partial charge in [0.05, 0.1) is 17.3 Å². The number of hydrogen-bond donors (Lipinski definition) is 4. The summed E-state index contributed by atoms with van der Waals surface area (Å²) >= 11 is 10.8. The van der Waals surface area contributed by atoms with Crippen LogP contribution in [0.2, 0.25) is 5.28 Å². The molecule has 0 unspecified atom stereocenters. The number of anilines is 2. The van der Waals surface area contributed by atoms with Crippen LogP contribution in [0.4, 0.5) is 16.4 Å². The average molecular weight is 986 g/mol. The van der Waals surface area contributed by atoms with Crippen molar-refractivity contribution in [2.75, 3.05) is 43.9 Å². The van der Waals surface area contributed by atoms with E-state index in [9.17, 15) is 9.59 Å². The predicted octanol–water partition coefficient (Wildman–Crippen LogP) is 1.02. The van der Waals surface area contributed by atoms with Gasteiger partial charge in [0.15, 0.2) is 0 Å². The van der Waals surface area contributed by atoms with Crippen molar-refractivity contribution in [2.45, 2.75) is 91.7 Å². The van der Waals surface area contributed by atoms with Crippen LogP contribution in [0.5, 0.6) is 6.01 Å². The quantitative estimate of drug-likeness (QED) is 0.0571. The fraction of sp³-hybridized carbons (Fsp3) is 0.487. The third-order valence-corrected chi connectivity index (χ3v) is 7.65. The van der Waals surface area contributed by atoms with E-state index >= 15 is 0 Å². The molecule has 3 aromatic heterocycles. The van der Waals surface area contributed by atoms with Crippen molar-refractivity contribution in [2.24, 2.45) is 5.73 Å². The van der Waals surface area contributed by atoms with E-state index in [1.54, 1.807) is 47.1 Å². The second kappa shape index (κ2) is 38.3. The summed E-state index contributed by atoms with van der Waals surface area (Å²) in [7, 11) is 1.54.